The molecule has 0 aliphatic carbocycles. The van der Waals surface area contributed by atoms with E-state index in [1.165, 1.54) is 5.56 Å². The van der Waals surface area contributed by atoms with Gasteiger partial charge in [-0.25, -0.2) is 9.97 Å². The molecular formula is C15H23N5. The van der Waals surface area contributed by atoms with E-state index >= 15 is 0 Å². The molecule has 5 heteroatoms. The highest BCUT2D eigenvalue weighted by molar-refractivity contribution is 5.31. The predicted octanol–water partition coefficient (Wildman–Crippen LogP) is 2.48. The molecule has 0 aromatic carbocycles. The summed E-state index contributed by atoms with van der Waals surface area (Å²) in [5.74, 6) is 2.45. The molecule has 0 atom stereocenters. The zero-order valence-electron chi connectivity index (χ0n) is 13.2. The SMILES string of the molecule is Cc1cc(CNC(C)(C)C)cc(-n2nc(C)nc2C)n1. The lowest BCUT2D eigenvalue weighted by molar-refractivity contribution is 0.424. The van der Waals surface area contributed by atoms with Crippen LogP contribution in [0.25, 0.3) is 5.82 Å². The van der Waals surface area contributed by atoms with Crippen molar-refractivity contribution in [2.45, 2.75) is 53.6 Å². The van der Waals surface area contributed by atoms with Gasteiger partial charge in [-0.3, -0.25) is 0 Å². The Morgan fingerprint density at radius 3 is 2.35 bits per heavy atom. The number of hydrogen-bond donors (Lipinski definition) is 1. The molecule has 0 bridgehead atoms. The van der Waals surface area contributed by atoms with Gasteiger partial charge in [0.1, 0.15) is 11.6 Å². The minimum Gasteiger partial charge on any atom is -0.308 e. The molecule has 5 nitrogen and oxygen atoms in total. The summed E-state index contributed by atoms with van der Waals surface area (Å²) >= 11 is 0. The van der Waals surface area contributed by atoms with Crippen LogP contribution in [-0.4, -0.2) is 25.3 Å². The van der Waals surface area contributed by atoms with Crippen molar-refractivity contribution in [1.29, 1.82) is 0 Å². The summed E-state index contributed by atoms with van der Waals surface area (Å²) in [7, 11) is 0. The van der Waals surface area contributed by atoms with Gasteiger partial charge in [-0.15, -0.1) is 5.10 Å². The van der Waals surface area contributed by atoms with E-state index in [4.69, 9.17) is 0 Å². The molecule has 0 unspecified atom stereocenters. The van der Waals surface area contributed by atoms with Gasteiger partial charge in [-0.2, -0.15) is 4.68 Å². The van der Waals surface area contributed by atoms with Crippen molar-refractivity contribution in [3.8, 4) is 5.82 Å². The quantitative estimate of drug-likeness (QED) is 0.933. The number of aryl methyl sites for hydroxylation is 3. The van der Waals surface area contributed by atoms with Crippen molar-refractivity contribution in [3.05, 3.63) is 35.0 Å². The topological polar surface area (TPSA) is 55.6 Å². The Morgan fingerprint density at radius 2 is 1.80 bits per heavy atom. The summed E-state index contributed by atoms with van der Waals surface area (Å²) < 4.78 is 1.79. The summed E-state index contributed by atoms with van der Waals surface area (Å²) in [6.45, 7) is 13.1. The van der Waals surface area contributed by atoms with Crippen molar-refractivity contribution in [3.63, 3.8) is 0 Å². The van der Waals surface area contributed by atoms with Crippen LogP contribution in [0.5, 0.6) is 0 Å². The van der Waals surface area contributed by atoms with Crippen LogP contribution in [0.4, 0.5) is 0 Å². The molecule has 108 valence electrons. The second-order valence-corrected chi connectivity index (χ2v) is 6.20. The number of aromatic nitrogens is 4. The van der Waals surface area contributed by atoms with Gasteiger partial charge in [0.05, 0.1) is 0 Å². The zero-order chi connectivity index (χ0) is 14.9. The lowest BCUT2D eigenvalue weighted by Gasteiger charge is -2.20. The Hall–Kier alpha value is -1.75. The molecule has 2 rings (SSSR count). The van der Waals surface area contributed by atoms with Crippen molar-refractivity contribution in [1.82, 2.24) is 25.1 Å². The molecule has 0 fully saturated rings. The Balaban J connectivity index is 2.31. The van der Waals surface area contributed by atoms with Gasteiger partial charge in [0.15, 0.2) is 5.82 Å². The van der Waals surface area contributed by atoms with Crippen molar-refractivity contribution in [2.24, 2.45) is 0 Å². The fraction of sp³-hybridized carbons (Fsp3) is 0.533. The summed E-state index contributed by atoms with van der Waals surface area (Å²) in [5, 5.41) is 7.89. The third kappa shape index (κ3) is 3.63. The van der Waals surface area contributed by atoms with Crippen molar-refractivity contribution in [2.75, 3.05) is 0 Å². The van der Waals surface area contributed by atoms with E-state index in [1.54, 1.807) is 4.68 Å². The minimum absolute atomic E-state index is 0.0943. The fourth-order valence-corrected chi connectivity index (χ4v) is 2.04. The van der Waals surface area contributed by atoms with Gasteiger partial charge in [-0.1, -0.05) is 0 Å². The highest BCUT2D eigenvalue weighted by Crippen LogP contribution is 2.12. The largest absolute Gasteiger partial charge is 0.308 e. The van der Waals surface area contributed by atoms with E-state index in [0.29, 0.717) is 0 Å². The Bertz CT molecular complexity index is 607. The molecule has 20 heavy (non-hydrogen) atoms. The molecule has 2 heterocycles. The summed E-state index contributed by atoms with van der Waals surface area (Å²) in [6.07, 6.45) is 0. The number of nitrogens with zero attached hydrogens (tertiary/aromatic N) is 4. The summed E-state index contributed by atoms with van der Waals surface area (Å²) in [4.78, 5) is 8.88. The molecule has 0 saturated carbocycles. The monoisotopic (exact) mass is 273 g/mol. The first kappa shape index (κ1) is 14.7. The second-order valence-electron chi connectivity index (χ2n) is 6.20. The molecule has 1 N–H and O–H groups in total. The number of rotatable bonds is 3. The minimum atomic E-state index is 0.0943. The maximum Gasteiger partial charge on any atom is 0.156 e. The van der Waals surface area contributed by atoms with E-state index < -0.39 is 0 Å². The van der Waals surface area contributed by atoms with Gasteiger partial charge in [-0.05, 0) is 59.2 Å². The molecule has 0 aliphatic rings. The van der Waals surface area contributed by atoms with Crippen LogP contribution >= 0.6 is 0 Å². The average Bonchev–Trinajstić information content (AvgIpc) is 2.64. The van der Waals surface area contributed by atoms with Crippen molar-refractivity contribution >= 4 is 0 Å². The van der Waals surface area contributed by atoms with Gasteiger partial charge in [0.25, 0.3) is 0 Å². The first-order valence-electron chi connectivity index (χ1n) is 6.88. The normalized spacial score (nSPS) is 11.9. The van der Waals surface area contributed by atoms with E-state index in [2.05, 4.69) is 53.3 Å². The van der Waals surface area contributed by atoms with Gasteiger partial charge < -0.3 is 5.32 Å². The number of hydrogen-bond acceptors (Lipinski definition) is 4. The van der Waals surface area contributed by atoms with Crippen LogP contribution in [0.3, 0.4) is 0 Å². The lowest BCUT2D eigenvalue weighted by Crippen LogP contribution is -2.35. The Labute approximate surface area is 120 Å². The molecule has 0 aliphatic heterocycles. The molecule has 2 aromatic heterocycles. The van der Waals surface area contributed by atoms with E-state index in [0.717, 1.165) is 29.7 Å². The smallest absolute Gasteiger partial charge is 0.156 e. The lowest BCUT2D eigenvalue weighted by atomic mass is 10.1. The van der Waals surface area contributed by atoms with Gasteiger partial charge >= 0.3 is 0 Å². The molecule has 0 amide bonds. The van der Waals surface area contributed by atoms with E-state index in [9.17, 15) is 0 Å². The molecule has 0 radical (unpaired) electrons. The average molecular weight is 273 g/mol. The zero-order valence-corrected chi connectivity index (χ0v) is 13.2. The highest BCUT2D eigenvalue weighted by atomic mass is 15.4. The van der Waals surface area contributed by atoms with Crippen LogP contribution in [0, 0.1) is 20.8 Å². The van der Waals surface area contributed by atoms with Crippen LogP contribution in [-0.2, 0) is 6.54 Å². The fourth-order valence-electron chi connectivity index (χ4n) is 2.04. The molecule has 0 spiro atoms. The first-order valence-corrected chi connectivity index (χ1v) is 6.88. The number of nitrogens with one attached hydrogen (secondary N) is 1. The van der Waals surface area contributed by atoms with Crippen LogP contribution in [0.2, 0.25) is 0 Å². The van der Waals surface area contributed by atoms with Crippen molar-refractivity contribution < 1.29 is 0 Å². The Morgan fingerprint density at radius 1 is 1.10 bits per heavy atom. The second kappa shape index (κ2) is 5.32. The maximum absolute atomic E-state index is 4.56. The third-order valence-electron chi connectivity index (χ3n) is 2.91. The molecule has 0 saturated heterocycles. The van der Waals surface area contributed by atoms with Gasteiger partial charge in [0, 0.05) is 17.8 Å². The third-order valence-corrected chi connectivity index (χ3v) is 2.91. The molecular weight excluding hydrogens is 250 g/mol. The Kier molecular flexibility index (Phi) is 3.90. The standard InChI is InChI=1S/C15H23N5/c1-10-7-13(9-16-15(4,5)6)8-14(17-10)20-12(3)18-11(2)19-20/h7-8,16H,9H2,1-6H3. The predicted molar refractivity (Wildman–Crippen MR) is 80.0 cm³/mol. The highest BCUT2D eigenvalue weighted by Gasteiger charge is 2.11. The maximum atomic E-state index is 4.56. The summed E-state index contributed by atoms with van der Waals surface area (Å²) in [6, 6.07) is 4.16. The van der Waals surface area contributed by atoms with Crippen LogP contribution in [0.15, 0.2) is 12.1 Å². The van der Waals surface area contributed by atoms with Crippen LogP contribution < -0.4 is 5.32 Å². The summed E-state index contributed by atoms with van der Waals surface area (Å²) in [5.41, 5.74) is 2.28. The van der Waals surface area contributed by atoms with Crippen LogP contribution in [0.1, 0.15) is 43.7 Å². The van der Waals surface area contributed by atoms with E-state index in [-0.39, 0.29) is 5.54 Å². The number of pyridine rings is 1. The molecule has 2 aromatic rings. The van der Waals surface area contributed by atoms with Gasteiger partial charge in [0.2, 0.25) is 0 Å². The first-order chi connectivity index (χ1) is 9.24. The van der Waals surface area contributed by atoms with E-state index in [1.807, 2.05) is 20.8 Å².